The van der Waals surface area contributed by atoms with Gasteiger partial charge >= 0.3 is 0 Å². The number of fused-ring (bicyclic) bond motifs is 4. The van der Waals surface area contributed by atoms with Crippen LogP contribution >= 0.6 is 0 Å². The largest absolute Gasteiger partial charge is 0.289 e. The number of carbonyl (C=O) groups is 2. The summed E-state index contributed by atoms with van der Waals surface area (Å²) >= 11 is 0. The lowest BCUT2D eigenvalue weighted by Crippen LogP contribution is -2.14. The van der Waals surface area contributed by atoms with Crippen molar-refractivity contribution in [3.8, 4) is 11.1 Å². The third-order valence-electron chi connectivity index (χ3n) is 4.65. The second kappa shape index (κ2) is 4.98. The van der Waals surface area contributed by atoms with Crippen molar-refractivity contribution >= 4 is 22.6 Å². The summed E-state index contributed by atoms with van der Waals surface area (Å²) < 4.78 is 1.40. The van der Waals surface area contributed by atoms with Crippen molar-refractivity contribution < 1.29 is 9.59 Å². The van der Waals surface area contributed by atoms with Gasteiger partial charge in [0.05, 0.1) is 17.3 Å². The van der Waals surface area contributed by atoms with Gasteiger partial charge in [0.2, 0.25) is 0 Å². The minimum absolute atomic E-state index is 0.0365. The number of hydrogen-bond acceptors (Lipinski definition) is 3. The van der Waals surface area contributed by atoms with Gasteiger partial charge in [-0.25, -0.2) is 0 Å². The van der Waals surface area contributed by atoms with Gasteiger partial charge in [-0.15, -0.1) is 0 Å². The molecule has 4 heteroatoms. The molecule has 1 aliphatic carbocycles. The molecule has 0 aliphatic heterocycles. The first-order valence-corrected chi connectivity index (χ1v) is 8.00. The molecule has 0 amide bonds. The van der Waals surface area contributed by atoms with Gasteiger partial charge in [0, 0.05) is 22.1 Å². The molecule has 25 heavy (non-hydrogen) atoms. The molecule has 0 radical (unpaired) electrons. The van der Waals surface area contributed by atoms with E-state index in [9.17, 15) is 9.59 Å². The molecule has 0 bridgehead atoms. The summed E-state index contributed by atoms with van der Waals surface area (Å²) in [6.45, 7) is 0. The Balaban J connectivity index is 1.76. The number of aromatic nitrogens is 2. The smallest absolute Gasteiger partial charge is 0.279 e. The first-order valence-electron chi connectivity index (χ1n) is 8.00. The van der Waals surface area contributed by atoms with Crippen molar-refractivity contribution in [2.45, 2.75) is 0 Å². The minimum Gasteiger partial charge on any atom is -0.289 e. The average molecular weight is 324 g/mol. The third-order valence-corrected chi connectivity index (χ3v) is 4.65. The molecule has 5 rings (SSSR count). The van der Waals surface area contributed by atoms with E-state index in [1.54, 1.807) is 30.5 Å². The number of para-hydroxylation sites is 1. The molecule has 0 fully saturated rings. The molecule has 1 aliphatic rings. The number of nitrogens with zero attached hydrogens (tertiary/aromatic N) is 2. The zero-order chi connectivity index (χ0) is 17.0. The van der Waals surface area contributed by atoms with E-state index in [0.717, 1.165) is 16.5 Å². The van der Waals surface area contributed by atoms with Crippen LogP contribution < -0.4 is 0 Å². The minimum atomic E-state index is -0.234. The summed E-state index contributed by atoms with van der Waals surface area (Å²) in [4.78, 5) is 25.8. The fourth-order valence-electron chi connectivity index (χ4n) is 3.50. The maximum absolute atomic E-state index is 13.2. The lowest BCUT2D eigenvalue weighted by atomic mass is 9.99. The van der Waals surface area contributed by atoms with E-state index in [-0.39, 0.29) is 11.7 Å². The summed E-state index contributed by atoms with van der Waals surface area (Å²) in [6.07, 6.45) is 1.68. The highest BCUT2D eigenvalue weighted by molar-refractivity contribution is 6.24. The van der Waals surface area contributed by atoms with Crippen molar-refractivity contribution in [3.63, 3.8) is 0 Å². The molecule has 0 unspecified atom stereocenters. The maximum atomic E-state index is 13.2. The Morgan fingerprint density at radius 2 is 1.52 bits per heavy atom. The van der Waals surface area contributed by atoms with Crippen molar-refractivity contribution in [3.05, 3.63) is 89.6 Å². The van der Waals surface area contributed by atoms with E-state index in [1.807, 2.05) is 42.5 Å². The first kappa shape index (κ1) is 13.9. The fourth-order valence-corrected chi connectivity index (χ4v) is 3.50. The number of carbonyl (C=O) groups excluding carboxylic acids is 2. The van der Waals surface area contributed by atoms with Crippen LogP contribution in [-0.2, 0) is 0 Å². The van der Waals surface area contributed by atoms with Crippen molar-refractivity contribution in [1.29, 1.82) is 0 Å². The first-order chi connectivity index (χ1) is 12.3. The lowest BCUT2D eigenvalue weighted by molar-refractivity contribution is 0.0951. The fraction of sp³-hybridized carbons (Fsp3) is 0. The van der Waals surface area contributed by atoms with Gasteiger partial charge in [0.1, 0.15) is 0 Å². The Morgan fingerprint density at radius 3 is 2.40 bits per heavy atom. The van der Waals surface area contributed by atoms with Crippen LogP contribution in [0.25, 0.3) is 22.0 Å². The molecule has 118 valence electrons. The molecule has 0 N–H and O–H groups in total. The zero-order valence-corrected chi connectivity index (χ0v) is 13.1. The van der Waals surface area contributed by atoms with Gasteiger partial charge in [-0.3, -0.25) is 9.59 Å². The van der Waals surface area contributed by atoms with Crippen LogP contribution in [0.15, 0.2) is 72.9 Å². The molecule has 0 saturated carbocycles. The predicted molar refractivity (Wildman–Crippen MR) is 94.8 cm³/mol. The van der Waals surface area contributed by atoms with Gasteiger partial charge < -0.3 is 0 Å². The van der Waals surface area contributed by atoms with Crippen LogP contribution in [0.2, 0.25) is 0 Å². The standard InChI is InChI=1S/C21H12N2O2/c24-20-15-8-3-2-7-14(15)19-16(20)9-5-10-17(19)21(25)23-18-11-4-1-6-13(18)12-22-23/h1-12H. The van der Waals surface area contributed by atoms with Crippen molar-refractivity contribution in [1.82, 2.24) is 9.78 Å². The molecule has 0 spiro atoms. The number of ketones is 1. The topological polar surface area (TPSA) is 52.0 Å². The second-order valence-corrected chi connectivity index (χ2v) is 6.02. The molecule has 3 aromatic carbocycles. The molecule has 4 aromatic rings. The summed E-state index contributed by atoms with van der Waals surface area (Å²) in [5.41, 5.74) is 3.97. The molecular formula is C21H12N2O2. The maximum Gasteiger partial charge on any atom is 0.279 e. The van der Waals surface area contributed by atoms with Crippen LogP contribution in [0.3, 0.4) is 0 Å². The van der Waals surface area contributed by atoms with E-state index in [1.165, 1.54) is 4.68 Å². The Morgan fingerprint density at radius 1 is 0.800 bits per heavy atom. The van der Waals surface area contributed by atoms with Gasteiger partial charge in [-0.05, 0) is 17.7 Å². The Labute approximate surface area is 143 Å². The van der Waals surface area contributed by atoms with Crippen molar-refractivity contribution in [2.75, 3.05) is 0 Å². The quantitative estimate of drug-likeness (QED) is 0.469. The molecule has 0 saturated heterocycles. The number of rotatable bonds is 1. The van der Waals surface area contributed by atoms with Crippen LogP contribution in [0.1, 0.15) is 26.3 Å². The zero-order valence-electron chi connectivity index (χ0n) is 13.1. The predicted octanol–water partition coefficient (Wildman–Crippen LogP) is 3.94. The molecule has 1 aromatic heterocycles. The summed E-state index contributed by atoms with van der Waals surface area (Å²) in [5.74, 6) is -0.270. The highest BCUT2D eigenvalue weighted by Gasteiger charge is 2.30. The molecular weight excluding hydrogens is 312 g/mol. The van der Waals surface area contributed by atoms with E-state index in [2.05, 4.69) is 5.10 Å². The summed E-state index contributed by atoms with van der Waals surface area (Å²) in [7, 11) is 0. The van der Waals surface area contributed by atoms with Crippen LogP contribution in [0, 0.1) is 0 Å². The van der Waals surface area contributed by atoms with E-state index in [0.29, 0.717) is 22.3 Å². The Hall–Kier alpha value is -3.53. The monoisotopic (exact) mass is 324 g/mol. The molecule has 1 heterocycles. The van der Waals surface area contributed by atoms with Gasteiger partial charge in [0.25, 0.3) is 5.91 Å². The van der Waals surface area contributed by atoms with Crippen LogP contribution in [0.4, 0.5) is 0 Å². The highest BCUT2D eigenvalue weighted by atomic mass is 16.2. The van der Waals surface area contributed by atoms with E-state index < -0.39 is 0 Å². The lowest BCUT2D eigenvalue weighted by Gasteiger charge is -2.08. The van der Waals surface area contributed by atoms with E-state index in [4.69, 9.17) is 0 Å². The van der Waals surface area contributed by atoms with Crippen LogP contribution in [0.5, 0.6) is 0 Å². The Bertz CT molecular complexity index is 1190. The molecule has 4 nitrogen and oxygen atoms in total. The SMILES string of the molecule is O=C1c2ccccc2-c2c1cccc2C(=O)n1ncc2ccccc21. The Kier molecular flexibility index (Phi) is 2.76. The number of benzene rings is 3. The van der Waals surface area contributed by atoms with Crippen molar-refractivity contribution in [2.24, 2.45) is 0 Å². The third kappa shape index (κ3) is 1.85. The van der Waals surface area contributed by atoms with Gasteiger partial charge in [-0.1, -0.05) is 54.6 Å². The highest BCUT2D eigenvalue weighted by Crippen LogP contribution is 2.39. The van der Waals surface area contributed by atoms with Gasteiger partial charge in [0.15, 0.2) is 5.78 Å². The van der Waals surface area contributed by atoms with Crippen LogP contribution in [-0.4, -0.2) is 21.5 Å². The second-order valence-electron chi connectivity index (χ2n) is 6.02. The van der Waals surface area contributed by atoms with Gasteiger partial charge in [-0.2, -0.15) is 9.78 Å². The average Bonchev–Trinajstić information content (AvgIpc) is 3.22. The normalized spacial score (nSPS) is 12.2. The summed E-state index contributed by atoms with van der Waals surface area (Å²) in [6, 6.07) is 20.3. The molecule has 0 atom stereocenters. The number of hydrogen-bond donors (Lipinski definition) is 0. The summed E-state index contributed by atoms with van der Waals surface area (Å²) in [5, 5.41) is 5.16. The van der Waals surface area contributed by atoms with E-state index >= 15 is 0 Å².